The van der Waals surface area contributed by atoms with Crippen molar-refractivity contribution < 1.29 is 13.0 Å². The molecule has 0 aromatic carbocycles. The van der Waals surface area contributed by atoms with Gasteiger partial charge in [-0.15, -0.1) is 0 Å². The van der Waals surface area contributed by atoms with Crippen molar-refractivity contribution in [3.8, 4) is 0 Å². The Hall–Kier alpha value is -0.910. The van der Waals surface area contributed by atoms with Crippen LogP contribution >= 0.6 is 11.6 Å². The number of rotatable bonds is 2. The summed E-state index contributed by atoms with van der Waals surface area (Å²) < 4.78 is 28.9. The van der Waals surface area contributed by atoms with Crippen LogP contribution in [0, 0.1) is 0 Å². The van der Waals surface area contributed by atoms with Gasteiger partial charge < -0.3 is 0 Å². The summed E-state index contributed by atoms with van der Waals surface area (Å²) in [6.07, 6.45) is 2.55. The van der Waals surface area contributed by atoms with Gasteiger partial charge in [-0.25, -0.2) is 0 Å². The first kappa shape index (κ1) is 10.2. The summed E-state index contributed by atoms with van der Waals surface area (Å²) in [5.41, 5.74) is 0.405. The molecule has 1 aromatic rings. The molecule has 0 aliphatic carbocycles. The van der Waals surface area contributed by atoms with Crippen molar-refractivity contribution in [3.63, 3.8) is 0 Å². The molecule has 0 atom stereocenters. The van der Waals surface area contributed by atoms with Gasteiger partial charge in [-0.05, 0) is 18.2 Å². The summed E-state index contributed by atoms with van der Waals surface area (Å²) in [5.74, 6) is 0. The molecule has 0 saturated carbocycles. The zero-order chi connectivity index (χ0) is 9.90. The van der Waals surface area contributed by atoms with Crippen molar-refractivity contribution >= 4 is 27.8 Å². The van der Waals surface area contributed by atoms with Crippen LogP contribution in [-0.2, 0) is 10.1 Å². The fourth-order valence-corrected chi connectivity index (χ4v) is 1.06. The smallest absolute Gasteiger partial charge is 0.282 e. The molecule has 4 nitrogen and oxygen atoms in total. The van der Waals surface area contributed by atoms with E-state index >= 15 is 0 Å². The third-order valence-corrected chi connectivity index (χ3v) is 1.86. The molecule has 0 unspecified atom stereocenters. The second kappa shape index (κ2) is 3.87. The van der Waals surface area contributed by atoms with Gasteiger partial charge in [-0.1, -0.05) is 11.6 Å². The van der Waals surface area contributed by atoms with Crippen molar-refractivity contribution in [3.05, 3.63) is 34.5 Å². The third-order valence-electron chi connectivity index (χ3n) is 1.16. The van der Waals surface area contributed by atoms with Crippen LogP contribution in [0.1, 0.15) is 5.69 Å². The molecule has 6 heteroatoms. The Morgan fingerprint density at radius 2 is 2.15 bits per heavy atom. The van der Waals surface area contributed by atoms with E-state index in [2.05, 4.69) is 4.98 Å². The van der Waals surface area contributed by atoms with Crippen molar-refractivity contribution in [1.82, 2.24) is 4.98 Å². The highest BCUT2D eigenvalue weighted by Crippen LogP contribution is 2.07. The zero-order valence-electron chi connectivity index (χ0n) is 6.38. The molecule has 0 amide bonds. The van der Waals surface area contributed by atoms with Gasteiger partial charge in [0, 0.05) is 6.20 Å². The third kappa shape index (κ3) is 4.02. The molecule has 0 bridgehead atoms. The molecule has 70 valence electrons. The van der Waals surface area contributed by atoms with Crippen LogP contribution in [-0.4, -0.2) is 18.0 Å². The summed E-state index contributed by atoms with van der Waals surface area (Å²) in [4.78, 5) is 3.79. The summed E-state index contributed by atoms with van der Waals surface area (Å²) in [5, 5.41) is 1.12. The molecular weight excluding hydrogens is 214 g/mol. The largest absolute Gasteiger partial charge is 0.287 e. The van der Waals surface area contributed by atoms with Crippen LogP contribution < -0.4 is 0 Å². The Morgan fingerprint density at radius 1 is 1.46 bits per heavy atom. The number of halogens is 1. The SMILES string of the molecule is O=S(=O)(O)/C=C/c1ccc(Cl)cn1. The molecule has 1 aromatic heterocycles. The van der Waals surface area contributed by atoms with E-state index in [-0.39, 0.29) is 0 Å². The lowest BCUT2D eigenvalue weighted by atomic mass is 10.3. The van der Waals surface area contributed by atoms with Gasteiger partial charge in [-0.2, -0.15) is 8.42 Å². The molecule has 0 aliphatic rings. The first-order chi connectivity index (χ1) is 5.97. The first-order valence-electron chi connectivity index (χ1n) is 3.24. The standard InChI is InChI=1S/C7H6ClNO3S/c8-6-1-2-7(9-5-6)3-4-13(10,11)12/h1-5H,(H,10,11,12)/b4-3+. The monoisotopic (exact) mass is 219 g/mol. The molecule has 1 N–H and O–H groups in total. The van der Waals surface area contributed by atoms with E-state index in [4.69, 9.17) is 16.2 Å². The Balaban J connectivity index is 2.88. The predicted octanol–water partition coefficient (Wildman–Crippen LogP) is 1.59. The van der Waals surface area contributed by atoms with E-state index in [1.807, 2.05) is 0 Å². The normalized spacial score (nSPS) is 12.2. The van der Waals surface area contributed by atoms with E-state index in [0.29, 0.717) is 16.1 Å². The van der Waals surface area contributed by atoms with Gasteiger partial charge >= 0.3 is 0 Å². The Morgan fingerprint density at radius 3 is 2.62 bits per heavy atom. The fraction of sp³-hybridized carbons (Fsp3) is 0. The molecule has 0 fully saturated rings. The van der Waals surface area contributed by atoms with E-state index in [9.17, 15) is 8.42 Å². The average Bonchev–Trinajstić information content (AvgIpc) is 2.02. The number of hydrogen-bond acceptors (Lipinski definition) is 3. The number of pyridine rings is 1. The number of hydrogen-bond donors (Lipinski definition) is 1. The van der Waals surface area contributed by atoms with Gasteiger partial charge in [0.15, 0.2) is 0 Å². The summed E-state index contributed by atoms with van der Waals surface area (Å²) >= 11 is 5.55. The Labute approximate surface area is 80.6 Å². The molecule has 1 rings (SSSR count). The summed E-state index contributed by atoms with van der Waals surface area (Å²) in [7, 11) is -4.09. The second-order valence-electron chi connectivity index (χ2n) is 2.22. The molecule has 0 aliphatic heterocycles. The van der Waals surface area contributed by atoms with E-state index in [1.165, 1.54) is 18.3 Å². The lowest BCUT2D eigenvalue weighted by molar-refractivity contribution is 0.494. The molecular formula is C7H6ClNO3S. The highest BCUT2D eigenvalue weighted by molar-refractivity contribution is 7.88. The topological polar surface area (TPSA) is 67.3 Å². The maximum atomic E-state index is 10.3. The molecule has 0 spiro atoms. The minimum atomic E-state index is -4.09. The van der Waals surface area contributed by atoms with Crippen LogP contribution in [0.15, 0.2) is 23.7 Å². The van der Waals surface area contributed by atoms with Gasteiger partial charge in [0.05, 0.1) is 16.1 Å². The molecule has 13 heavy (non-hydrogen) atoms. The van der Waals surface area contributed by atoms with Crippen molar-refractivity contribution in [2.45, 2.75) is 0 Å². The van der Waals surface area contributed by atoms with Crippen molar-refractivity contribution in [1.29, 1.82) is 0 Å². The zero-order valence-corrected chi connectivity index (χ0v) is 7.96. The molecule has 0 saturated heterocycles. The van der Waals surface area contributed by atoms with Gasteiger partial charge in [0.2, 0.25) is 0 Å². The number of nitrogens with zero attached hydrogens (tertiary/aromatic N) is 1. The van der Waals surface area contributed by atoms with Crippen LogP contribution in [0.25, 0.3) is 6.08 Å². The summed E-state index contributed by atoms with van der Waals surface area (Å²) in [6.45, 7) is 0. The van der Waals surface area contributed by atoms with E-state index in [1.54, 1.807) is 6.07 Å². The lowest BCUT2D eigenvalue weighted by Crippen LogP contribution is -1.89. The molecule has 1 heterocycles. The lowest BCUT2D eigenvalue weighted by Gasteiger charge is -1.91. The highest BCUT2D eigenvalue weighted by Gasteiger charge is 1.96. The van der Waals surface area contributed by atoms with Crippen LogP contribution in [0.5, 0.6) is 0 Å². The quantitative estimate of drug-likeness (QED) is 0.768. The van der Waals surface area contributed by atoms with Crippen molar-refractivity contribution in [2.24, 2.45) is 0 Å². The van der Waals surface area contributed by atoms with Crippen LogP contribution in [0.2, 0.25) is 5.02 Å². The minimum Gasteiger partial charge on any atom is -0.282 e. The minimum absolute atomic E-state index is 0.405. The van der Waals surface area contributed by atoms with Gasteiger partial charge in [-0.3, -0.25) is 9.54 Å². The maximum absolute atomic E-state index is 10.3. The summed E-state index contributed by atoms with van der Waals surface area (Å²) in [6, 6.07) is 3.10. The van der Waals surface area contributed by atoms with Gasteiger partial charge in [0.1, 0.15) is 0 Å². The fourth-order valence-electron chi connectivity index (χ4n) is 0.642. The first-order valence-corrected chi connectivity index (χ1v) is 5.12. The molecule has 0 radical (unpaired) electrons. The van der Waals surface area contributed by atoms with Crippen LogP contribution in [0.4, 0.5) is 0 Å². The highest BCUT2D eigenvalue weighted by atomic mass is 35.5. The van der Waals surface area contributed by atoms with Gasteiger partial charge in [0.25, 0.3) is 10.1 Å². The van der Waals surface area contributed by atoms with E-state index in [0.717, 1.165) is 0 Å². The van der Waals surface area contributed by atoms with E-state index < -0.39 is 10.1 Å². The van der Waals surface area contributed by atoms with Crippen molar-refractivity contribution in [2.75, 3.05) is 0 Å². The average molecular weight is 220 g/mol. The van der Waals surface area contributed by atoms with Crippen LogP contribution in [0.3, 0.4) is 0 Å². The second-order valence-corrected chi connectivity index (χ2v) is 3.96. The Bertz CT molecular complexity index is 410. The maximum Gasteiger partial charge on any atom is 0.287 e. The predicted molar refractivity (Wildman–Crippen MR) is 49.8 cm³/mol. The Kier molecular flexibility index (Phi) is 3.02. The number of aromatic nitrogens is 1.